The van der Waals surface area contributed by atoms with Gasteiger partial charge in [-0.2, -0.15) is 18.1 Å². The van der Waals surface area contributed by atoms with E-state index >= 15 is 0 Å². The van der Waals surface area contributed by atoms with Crippen molar-refractivity contribution in [2.45, 2.75) is 68.2 Å². The van der Waals surface area contributed by atoms with Crippen LogP contribution < -0.4 is 15.6 Å². The second-order valence-electron chi connectivity index (χ2n) is 10.1. The lowest BCUT2D eigenvalue weighted by Gasteiger charge is -2.32. The number of anilines is 1. The van der Waals surface area contributed by atoms with Crippen molar-refractivity contribution in [3.8, 4) is 5.75 Å². The van der Waals surface area contributed by atoms with Gasteiger partial charge in [-0.15, -0.1) is 0 Å². The number of rotatable bonds is 7. The minimum Gasteiger partial charge on any atom is -0.429 e. The van der Waals surface area contributed by atoms with Crippen LogP contribution in [0.2, 0.25) is 0 Å². The Bertz CT molecular complexity index is 1540. The molecule has 2 fully saturated rings. The molecule has 1 saturated heterocycles. The molecule has 3 heterocycles. The third-order valence-corrected chi connectivity index (χ3v) is 9.32. The van der Waals surface area contributed by atoms with Gasteiger partial charge < -0.3 is 15.2 Å². The van der Waals surface area contributed by atoms with Gasteiger partial charge in [0, 0.05) is 30.7 Å². The molecule has 3 aromatic rings. The highest BCUT2D eigenvalue weighted by atomic mass is 32.2. The first-order valence-electron chi connectivity index (χ1n) is 12.6. The number of alkyl halides is 2. The van der Waals surface area contributed by atoms with Crippen molar-refractivity contribution >= 4 is 27.0 Å². The third-order valence-electron chi connectivity index (χ3n) is 7.39. The number of aliphatic hydroxyl groups is 1. The van der Waals surface area contributed by atoms with Gasteiger partial charge in [-0.1, -0.05) is 12.1 Å². The van der Waals surface area contributed by atoms with Gasteiger partial charge in [-0.3, -0.25) is 9.36 Å². The molecule has 2 aliphatic rings. The molecule has 0 bridgehead atoms. The average molecular weight is 568 g/mol. The van der Waals surface area contributed by atoms with Crippen LogP contribution in [-0.4, -0.2) is 63.7 Å². The molecule has 2 aromatic heterocycles. The van der Waals surface area contributed by atoms with Gasteiger partial charge in [-0.05, 0) is 57.2 Å². The van der Waals surface area contributed by atoms with E-state index in [0.29, 0.717) is 32.1 Å². The van der Waals surface area contributed by atoms with Crippen LogP contribution in [0.3, 0.4) is 0 Å². The number of nitrogens with one attached hydrogen (secondary N) is 1. The number of nitrogens with zero attached hydrogens (tertiary/aromatic N) is 4. The highest BCUT2D eigenvalue weighted by Crippen LogP contribution is 2.40. The molecule has 1 aromatic carbocycles. The van der Waals surface area contributed by atoms with E-state index in [0.717, 1.165) is 12.1 Å². The van der Waals surface area contributed by atoms with Crippen molar-refractivity contribution in [2.75, 3.05) is 18.4 Å². The van der Waals surface area contributed by atoms with Crippen molar-refractivity contribution in [3.05, 3.63) is 52.7 Å². The summed E-state index contributed by atoms with van der Waals surface area (Å²) in [7, 11) is -3.99. The molecule has 39 heavy (non-hydrogen) atoms. The summed E-state index contributed by atoms with van der Waals surface area (Å²) >= 11 is 0. The summed E-state index contributed by atoms with van der Waals surface area (Å²) in [5, 5.41) is 14.3. The average Bonchev–Trinajstić information content (AvgIpc) is 3.23. The van der Waals surface area contributed by atoms with Crippen LogP contribution in [0, 0.1) is 5.82 Å². The summed E-state index contributed by atoms with van der Waals surface area (Å²) in [6.07, 6.45) is 3.66. The van der Waals surface area contributed by atoms with Crippen LogP contribution in [0.4, 0.5) is 19.1 Å². The van der Waals surface area contributed by atoms with Gasteiger partial charge in [0.05, 0.1) is 11.6 Å². The lowest BCUT2D eigenvalue weighted by Crippen LogP contribution is -2.42. The maximum Gasteiger partial charge on any atom is 0.387 e. The fourth-order valence-electron chi connectivity index (χ4n) is 5.39. The molecular formula is C25H28F3N5O5S. The molecule has 1 aliphatic heterocycles. The van der Waals surface area contributed by atoms with E-state index in [1.807, 2.05) is 0 Å². The Morgan fingerprint density at radius 3 is 2.56 bits per heavy atom. The Labute approximate surface area is 222 Å². The number of hydrogen-bond acceptors (Lipinski definition) is 8. The van der Waals surface area contributed by atoms with Gasteiger partial charge in [-0.25, -0.2) is 17.8 Å². The van der Waals surface area contributed by atoms with Gasteiger partial charge in [0.25, 0.3) is 5.56 Å². The SMILES string of the molecule is C[C@@]1(O)CCC[C@H]1n1c(=O)c(OC(F)F)cc2cnc(NC3CCN(S(=O)(=O)c4ccccc4F)CC3)nc21. The van der Waals surface area contributed by atoms with Crippen molar-refractivity contribution in [3.63, 3.8) is 0 Å². The normalized spacial score (nSPS) is 23.0. The van der Waals surface area contributed by atoms with E-state index in [-0.39, 0.29) is 41.0 Å². The fourth-order valence-corrected chi connectivity index (χ4v) is 6.92. The number of pyridine rings is 1. The lowest BCUT2D eigenvalue weighted by molar-refractivity contribution is -0.0513. The Morgan fingerprint density at radius 2 is 1.92 bits per heavy atom. The molecule has 2 atom stereocenters. The third kappa shape index (κ3) is 5.32. The van der Waals surface area contributed by atoms with Crippen molar-refractivity contribution in [2.24, 2.45) is 0 Å². The first-order chi connectivity index (χ1) is 18.5. The molecule has 1 aliphatic carbocycles. The minimum absolute atomic E-state index is 0.145. The number of ether oxygens (including phenoxy) is 1. The maximum absolute atomic E-state index is 14.1. The van der Waals surface area contributed by atoms with Gasteiger partial charge in [0.2, 0.25) is 16.0 Å². The minimum atomic E-state index is -3.99. The second kappa shape index (κ2) is 10.4. The largest absolute Gasteiger partial charge is 0.429 e. The molecule has 210 valence electrons. The van der Waals surface area contributed by atoms with Crippen LogP contribution in [0.1, 0.15) is 45.1 Å². The van der Waals surface area contributed by atoms with Crippen LogP contribution in [-0.2, 0) is 10.0 Å². The zero-order valence-corrected chi connectivity index (χ0v) is 21.9. The van der Waals surface area contributed by atoms with E-state index < -0.39 is 45.4 Å². The van der Waals surface area contributed by atoms with Gasteiger partial charge in [0.15, 0.2) is 5.75 Å². The number of fused-ring (bicyclic) bond motifs is 1. The smallest absolute Gasteiger partial charge is 0.387 e. The summed E-state index contributed by atoms with van der Waals surface area (Å²) < 4.78 is 72.8. The molecule has 14 heteroatoms. The number of hydrogen-bond donors (Lipinski definition) is 2. The Hall–Kier alpha value is -3.23. The molecule has 0 radical (unpaired) electrons. The zero-order chi connectivity index (χ0) is 27.9. The topological polar surface area (TPSA) is 127 Å². The monoisotopic (exact) mass is 567 g/mol. The Balaban J connectivity index is 1.40. The first-order valence-corrected chi connectivity index (χ1v) is 14.0. The molecule has 10 nitrogen and oxygen atoms in total. The van der Waals surface area contributed by atoms with Crippen molar-refractivity contribution < 1.29 is 31.4 Å². The molecule has 0 spiro atoms. The van der Waals surface area contributed by atoms with E-state index in [1.165, 1.54) is 33.3 Å². The lowest BCUT2D eigenvalue weighted by atomic mass is 10.00. The van der Waals surface area contributed by atoms with E-state index in [4.69, 9.17) is 0 Å². The number of halogens is 3. The van der Waals surface area contributed by atoms with E-state index in [2.05, 4.69) is 20.0 Å². The number of aromatic nitrogens is 3. The standard InChI is InChI=1S/C25H28F3N5O5S/c1-25(35)10-4-7-20(25)33-21-15(13-18(22(33)34)38-23(27)28)14-29-24(31-21)30-16-8-11-32(12-9-16)39(36,37)19-6-3-2-5-17(19)26/h2-3,5-6,13-14,16,20,23,35H,4,7-12H2,1H3,(H,29,30,31)/t20-,25-/m1/s1. The van der Waals surface area contributed by atoms with E-state index in [9.17, 15) is 31.5 Å². The van der Waals surface area contributed by atoms with Gasteiger partial charge >= 0.3 is 6.61 Å². The fraction of sp³-hybridized carbons (Fsp3) is 0.480. The number of piperidine rings is 1. The Kier molecular flexibility index (Phi) is 7.29. The molecule has 0 amide bonds. The van der Waals surface area contributed by atoms with Crippen LogP contribution in [0.15, 0.2) is 46.2 Å². The summed E-state index contributed by atoms with van der Waals surface area (Å²) in [6.45, 7) is -1.33. The first kappa shape index (κ1) is 27.3. The second-order valence-corrected chi connectivity index (χ2v) is 12.0. The van der Waals surface area contributed by atoms with Crippen molar-refractivity contribution in [1.29, 1.82) is 0 Å². The maximum atomic E-state index is 14.1. The van der Waals surface area contributed by atoms with Gasteiger partial charge in [0.1, 0.15) is 16.4 Å². The zero-order valence-electron chi connectivity index (χ0n) is 21.1. The highest BCUT2D eigenvalue weighted by molar-refractivity contribution is 7.89. The molecular weight excluding hydrogens is 539 g/mol. The molecule has 0 unspecified atom stereocenters. The quantitative estimate of drug-likeness (QED) is 0.446. The summed E-state index contributed by atoms with van der Waals surface area (Å²) in [5.41, 5.74) is -1.92. The van der Waals surface area contributed by atoms with Crippen LogP contribution in [0.5, 0.6) is 5.75 Å². The number of benzene rings is 1. The predicted molar refractivity (Wildman–Crippen MR) is 136 cm³/mol. The van der Waals surface area contributed by atoms with Crippen molar-refractivity contribution in [1.82, 2.24) is 18.8 Å². The summed E-state index contributed by atoms with van der Waals surface area (Å²) in [6, 6.07) is 5.46. The highest BCUT2D eigenvalue weighted by Gasteiger charge is 2.40. The molecule has 5 rings (SSSR count). The van der Waals surface area contributed by atoms with Crippen LogP contribution >= 0.6 is 0 Å². The molecule has 2 N–H and O–H groups in total. The van der Waals surface area contributed by atoms with Crippen LogP contribution in [0.25, 0.3) is 11.0 Å². The summed E-state index contributed by atoms with van der Waals surface area (Å²) in [4.78, 5) is 21.6. The number of sulfonamides is 1. The predicted octanol–water partition coefficient (Wildman–Crippen LogP) is 3.27. The summed E-state index contributed by atoms with van der Waals surface area (Å²) in [5.74, 6) is -1.21. The van der Waals surface area contributed by atoms with E-state index in [1.54, 1.807) is 6.92 Å². The molecule has 1 saturated carbocycles. The Morgan fingerprint density at radius 1 is 1.21 bits per heavy atom.